The van der Waals surface area contributed by atoms with Crippen molar-refractivity contribution in [2.75, 3.05) is 16.7 Å². The largest absolute Gasteiger partial charge is 0.293 e. The fourth-order valence-corrected chi connectivity index (χ4v) is 4.74. The summed E-state index contributed by atoms with van der Waals surface area (Å²) in [4.78, 5) is 12.8. The molecular formula is C25H24N4O3S2. The number of hydrogen-bond donors (Lipinski definition) is 1. The standard InChI is InChI=1S/C25H24N4O3S2/c1-17-4-8-20(9-5-17)24-26-27-25(29(24)22-14-6-18(2)7-15-22)33-16-23(30)19-10-12-21(13-11-19)28-34(3,31)32/h4-15,28H,16H2,1-3H3. The first-order valence-electron chi connectivity index (χ1n) is 10.5. The minimum Gasteiger partial charge on any atom is -0.293 e. The normalized spacial score (nSPS) is 11.4. The lowest BCUT2D eigenvalue weighted by atomic mass is 10.1. The van der Waals surface area contributed by atoms with Gasteiger partial charge in [-0.15, -0.1) is 10.2 Å². The fourth-order valence-electron chi connectivity index (χ4n) is 3.33. The molecule has 7 nitrogen and oxygen atoms in total. The molecule has 4 rings (SSSR count). The van der Waals surface area contributed by atoms with Crippen molar-refractivity contribution >= 4 is 33.3 Å². The van der Waals surface area contributed by atoms with Crippen LogP contribution in [0.25, 0.3) is 17.1 Å². The molecule has 0 fully saturated rings. The SMILES string of the molecule is Cc1ccc(-c2nnc(SCC(=O)c3ccc(NS(C)(=O)=O)cc3)n2-c2ccc(C)cc2)cc1. The highest BCUT2D eigenvalue weighted by Gasteiger charge is 2.18. The zero-order chi connectivity index (χ0) is 24.3. The lowest BCUT2D eigenvalue weighted by Crippen LogP contribution is -2.10. The molecule has 1 heterocycles. The number of sulfonamides is 1. The van der Waals surface area contributed by atoms with Crippen LogP contribution in [0.2, 0.25) is 0 Å². The molecule has 0 aliphatic rings. The van der Waals surface area contributed by atoms with Gasteiger partial charge in [-0.1, -0.05) is 59.3 Å². The third-order valence-electron chi connectivity index (χ3n) is 5.08. The monoisotopic (exact) mass is 492 g/mol. The zero-order valence-corrected chi connectivity index (χ0v) is 20.7. The predicted molar refractivity (Wildman–Crippen MR) is 136 cm³/mol. The van der Waals surface area contributed by atoms with E-state index in [9.17, 15) is 13.2 Å². The Bertz CT molecular complexity index is 1410. The summed E-state index contributed by atoms with van der Waals surface area (Å²) in [5.41, 5.74) is 5.05. The van der Waals surface area contributed by atoms with Gasteiger partial charge in [-0.3, -0.25) is 14.1 Å². The second-order valence-electron chi connectivity index (χ2n) is 8.01. The Labute approximate surface area is 203 Å². The van der Waals surface area contributed by atoms with Gasteiger partial charge >= 0.3 is 0 Å². The number of carbonyl (C=O) groups is 1. The van der Waals surface area contributed by atoms with Crippen LogP contribution in [0, 0.1) is 13.8 Å². The smallest absolute Gasteiger partial charge is 0.229 e. The van der Waals surface area contributed by atoms with Gasteiger partial charge in [0.15, 0.2) is 16.8 Å². The van der Waals surface area contributed by atoms with E-state index in [0.29, 0.717) is 22.2 Å². The summed E-state index contributed by atoms with van der Waals surface area (Å²) in [6, 6.07) is 22.5. The number of ketones is 1. The molecule has 0 aliphatic heterocycles. The molecule has 4 aromatic rings. The molecule has 3 aromatic carbocycles. The summed E-state index contributed by atoms with van der Waals surface area (Å²) in [6.07, 6.45) is 1.08. The van der Waals surface area contributed by atoms with Gasteiger partial charge in [-0.2, -0.15) is 0 Å². The van der Waals surface area contributed by atoms with E-state index in [1.165, 1.54) is 11.8 Å². The lowest BCUT2D eigenvalue weighted by molar-refractivity contribution is 0.102. The van der Waals surface area contributed by atoms with Crippen LogP contribution in [0.5, 0.6) is 0 Å². The number of thioether (sulfide) groups is 1. The molecule has 1 aromatic heterocycles. The molecule has 0 saturated heterocycles. The van der Waals surface area contributed by atoms with Crippen LogP contribution in [0.1, 0.15) is 21.5 Å². The number of Topliss-reactive ketones (excluding diaryl/α,β-unsaturated/α-hetero) is 1. The number of carbonyl (C=O) groups excluding carboxylic acids is 1. The van der Waals surface area contributed by atoms with Crippen LogP contribution in [0.3, 0.4) is 0 Å². The Morgan fingerprint density at radius 1 is 0.882 bits per heavy atom. The van der Waals surface area contributed by atoms with Crippen molar-refractivity contribution in [1.29, 1.82) is 0 Å². The number of rotatable bonds is 8. The summed E-state index contributed by atoms with van der Waals surface area (Å²) in [5, 5.41) is 9.42. The van der Waals surface area contributed by atoms with Gasteiger partial charge < -0.3 is 0 Å². The molecule has 0 radical (unpaired) electrons. The van der Waals surface area contributed by atoms with E-state index in [-0.39, 0.29) is 11.5 Å². The third-order valence-corrected chi connectivity index (χ3v) is 6.61. The molecular weight excluding hydrogens is 468 g/mol. The fraction of sp³-hybridized carbons (Fsp3) is 0.160. The highest BCUT2D eigenvalue weighted by Crippen LogP contribution is 2.29. The number of aromatic nitrogens is 3. The van der Waals surface area contributed by atoms with Crippen LogP contribution in [0.15, 0.2) is 78.0 Å². The summed E-state index contributed by atoms with van der Waals surface area (Å²) in [7, 11) is -3.37. The van der Waals surface area contributed by atoms with Gasteiger partial charge in [0.25, 0.3) is 0 Å². The predicted octanol–water partition coefficient (Wildman–Crippen LogP) is 4.90. The van der Waals surface area contributed by atoms with Gasteiger partial charge in [0.1, 0.15) is 0 Å². The first-order valence-corrected chi connectivity index (χ1v) is 13.4. The number of aryl methyl sites for hydroxylation is 2. The van der Waals surface area contributed by atoms with Crippen molar-refractivity contribution in [3.05, 3.63) is 89.5 Å². The highest BCUT2D eigenvalue weighted by atomic mass is 32.2. The maximum atomic E-state index is 12.8. The minimum atomic E-state index is -3.37. The number of nitrogens with one attached hydrogen (secondary N) is 1. The van der Waals surface area contributed by atoms with E-state index >= 15 is 0 Å². The van der Waals surface area contributed by atoms with E-state index in [0.717, 1.165) is 28.6 Å². The zero-order valence-electron chi connectivity index (χ0n) is 19.0. The van der Waals surface area contributed by atoms with Crippen molar-refractivity contribution < 1.29 is 13.2 Å². The van der Waals surface area contributed by atoms with Crippen LogP contribution < -0.4 is 4.72 Å². The molecule has 9 heteroatoms. The van der Waals surface area contributed by atoms with Crippen LogP contribution >= 0.6 is 11.8 Å². The van der Waals surface area contributed by atoms with E-state index in [4.69, 9.17) is 0 Å². The Morgan fingerprint density at radius 3 is 2.06 bits per heavy atom. The molecule has 0 amide bonds. The van der Waals surface area contributed by atoms with Gasteiger partial charge in [0.2, 0.25) is 10.0 Å². The number of benzene rings is 3. The quantitative estimate of drug-likeness (QED) is 0.278. The molecule has 0 bridgehead atoms. The van der Waals surface area contributed by atoms with Crippen molar-refractivity contribution in [2.45, 2.75) is 19.0 Å². The first-order chi connectivity index (χ1) is 16.2. The molecule has 0 spiro atoms. The van der Waals surface area contributed by atoms with Gasteiger partial charge in [-0.05, 0) is 50.2 Å². The maximum absolute atomic E-state index is 12.8. The maximum Gasteiger partial charge on any atom is 0.229 e. The average molecular weight is 493 g/mol. The Hall–Kier alpha value is -3.43. The summed E-state index contributed by atoms with van der Waals surface area (Å²) < 4.78 is 27.1. The molecule has 174 valence electrons. The van der Waals surface area contributed by atoms with Gasteiger partial charge in [0.05, 0.1) is 12.0 Å². The minimum absolute atomic E-state index is 0.0914. The molecule has 34 heavy (non-hydrogen) atoms. The first kappa shape index (κ1) is 23.7. The molecule has 0 saturated carbocycles. The number of hydrogen-bond acceptors (Lipinski definition) is 6. The molecule has 0 atom stereocenters. The van der Waals surface area contributed by atoms with Crippen molar-refractivity contribution in [1.82, 2.24) is 14.8 Å². The highest BCUT2D eigenvalue weighted by molar-refractivity contribution is 7.99. The van der Waals surface area contributed by atoms with Crippen LogP contribution in [-0.4, -0.2) is 41.0 Å². The van der Waals surface area contributed by atoms with Gasteiger partial charge in [-0.25, -0.2) is 8.42 Å². The topological polar surface area (TPSA) is 94.0 Å². The Kier molecular flexibility index (Phi) is 6.85. The van der Waals surface area contributed by atoms with Gasteiger partial charge in [0, 0.05) is 22.5 Å². The molecule has 1 N–H and O–H groups in total. The second kappa shape index (κ2) is 9.82. The summed E-state index contributed by atoms with van der Waals surface area (Å²) in [6.45, 7) is 4.06. The van der Waals surface area contributed by atoms with E-state index < -0.39 is 10.0 Å². The van der Waals surface area contributed by atoms with E-state index in [2.05, 4.69) is 14.9 Å². The van der Waals surface area contributed by atoms with Crippen LogP contribution in [0.4, 0.5) is 5.69 Å². The number of anilines is 1. The molecule has 0 aliphatic carbocycles. The van der Waals surface area contributed by atoms with E-state index in [1.807, 2.05) is 66.9 Å². The number of nitrogens with zero attached hydrogens (tertiary/aromatic N) is 3. The van der Waals surface area contributed by atoms with Crippen molar-refractivity contribution in [3.8, 4) is 17.1 Å². The summed E-state index contributed by atoms with van der Waals surface area (Å²) in [5.74, 6) is 0.776. The Morgan fingerprint density at radius 2 is 1.47 bits per heavy atom. The summed E-state index contributed by atoms with van der Waals surface area (Å²) >= 11 is 1.31. The van der Waals surface area contributed by atoms with Crippen LogP contribution in [-0.2, 0) is 10.0 Å². The Balaban J connectivity index is 1.58. The second-order valence-corrected chi connectivity index (χ2v) is 10.7. The van der Waals surface area contributed by atoms with Crippen molar-refractivity contribution in [2.24, 2.45) is 0 Å². The van der Waals surface area contributed by atoms with Crippen molar-refractivity contribution in [3.63, 3.8) is 0 Å². The lowest BCUT2D eigenvalue weighted by Gasteiger charge is -2.11. The average Bonchev–Trinajstić information content (AvgIpc) is 3.22. The van der Waals surface area contributed by atoms with E-state index in [1.54, 1.807) is 24.3 Å². The third kappa shape index (κ3) is 5.73. The molecule has 0 unspecified atom stereocenters.